The van der Waals surface area contributed by atoms with Gasteiger partial charge in [-0.1, -0.05) is 0 Å². The quantitative estimate of drug-likeness (QED) is 0.313. The molecule has 0 aromatic heterocycles. The normalized spacial score (nSPS) is 11.4. The fraction of sp³-hybridized carbons (Fsp3) is 0. The van der Waals surface area contributed by atoms with Crippen molar-refractivity contribution in [2.75, 3.05) is 0 Å². The molecule has 0 radical (unpaired) electrons. The molecule has 0 aliphatic heterocycles. The maximum absolute atomic E-state index is 13.3. The van der Waals surface area contributed by atoms with Crippen molar-refractivity contribution in [2.24, 2.45) is 27.2 Å². The predicted molar refractivity (Wildman–Crippen MR) is 61.1 cm³/mol. The molecule has 0 aliphatic carbocycles. The molecule has 0 fully saturated rings. The van der Waals surface area contributed by atoms with E-state index in [0.717, 1.165) is 0 Å². The molecule has 0 saturated carbocycles. The Morgan fingerprint density at radius 3 is 2.24 bits per heavy atom. The molecule has 0 spiro atoms. The zero-order valence-electron chi connectivity index (χ0n) is 8.22. The number of guanidine groups is 2. The molecule has 0 unspecified atom stereocenters. The van der Waals surface area contributed by atoms with Crippen LogP contribution in [0.25, 0.3) is 0 Å². The summed E-state index contributed by atoms with van der Waals surface area (Å²) in [6.07, 6.45) is 0. The molecule has 0 bridgehead atoms. The van der Waals surface area contributed by atoms with Crippen LogP contribution in [0.15, 0.2) is 20.5 Å². The molecule has 1 aromatic carbocycles. The Morgan fingerprint density at radius 1 is 1.12 bits per heavy atom. The SMILES string of the molecule is NC(N)=NC(N)=Nc1c(Br)cc(F)c(F)c1F. The average Bonchev–Trinajstić information content (AvgIpc) is 2.20. The van der Waals surface area contributed by atoms with E-state index in [1.165, 1.54) is 0 Å². The van der Waals surface area contributed by atoms with E-state index in [9.17, 15) is 13.2 Å². The van der Waals surface area contributed by atoms with Crippen molar-refractivity contribution in [2.45, 2.75) is 0 Å². The lowest BCUT2D eigenvalue weighted by atomic mass is 10.3. The van der Waals surface area contributed by atoms with Crippen LogP contribution in [0.5, 0.6) is 0 Å². The van der Waals surface area contributed by atoms with Crippen molar-refractivity contribution in [3.05, 3.63) is 28.0 Å². The number of hydrogen-bond donors (Lipinski definition) is 3. The molecule has 92 valence electrons. The predicted octanol–water partition coefficient (Wildman–Crippen LogP) is 1.09. The number of benzene rings is 1. The van der Waals surface area contributed by atoms with Crippen LogP contribution in [-0.2, 0) is 0 Å². The molecule has 1 aromatic rings. The smallest absolute Gasteiger partial charge is 0.223 e. The molecule has 6 N–H and O–H groups in total. The van der Waals surface area contributed by atoms with Gasteiger partial charge in [0.25, 0.3) is 0 Å². The fourth-order valence-electron chi connectivity index (χ4n) is 0.931. The highest BCUT2D eigenvalue weighted by atomic mass is 79.9. The number of rotatable bonds is 1. The third kappa shape index (κ3) is 3.09. The first kappa shape index (κ1) is 13.3. The van der Waals surface area contributed by atoms with Gasteiger partial charge in [0.2, 0.25) is 5.96 Å². The summed E-state index contributed by atoms with van der Waals surface area (Å²) in [4.78, 5) is 6.72. The molecule has 0 heterocycles. The summed E-state index contributed by atoms with van der Waals surface area (Å²) in [6, 6.07) is 0.708. The van der Waals surface area contributed by atoms with Crippen LogP contribution in [-0.4, -0.2) is 11.9 Å². The van der Waals surface area contributed by atoms with E-state index in [-0.39, 0.29) is 4.47 Å². The van der Waals surface area contributed by atoms with E-state index in [0.29, 0.717) is 6.07 Å². The maximum atomic E-state index is 13.3. The second kappa shape index (κ2) is 5.04. The highest BCUT2D eigenvalue weighted by Crippen LogP contribution is 2.31. The molecule has 0 amide bonds. The Kier molecular flexibility index (Phi) is 3.94. The van der Waals surface area contributed by atoms with Crippen LogP contribution >= 0.6 is 15.9 Å². The van der Waals surface area contributed by atoms with E-state index in [1.54, 1.807) is 0 Å². The summed E-state index contributed by atoms with van der Waals surface area (Å²) < 4.78 is 38.9. The van der Waals surface area contributed by atoms with Gasteiger partial charge >= 0.3 is 0 Å². The molecule has 5 nitrogen and oxygen atoms in total. The molecule has 0 aliphatic rings. The summed E-state index contributed by atoms with van der Waals surface area (Å²) in [5, 5.41) is 0. The topological polar surface area (TPSA) is 103 Å². The van der Waals surface area contributed by atoms with Gasteiger partial charge in [0.15, 0.2) is 23.4 Å². The minimum atomic E-state index is -1.66. The lowest BCUT2D eigenvalue weighted by Gasteiger charge is -2.03. The third-order valence-electron chi connectivity index (χ3n) is 1.56. The second-order valence-electron chi connectivity index (χ2n) is 2.82. The first-order valence-corrected chi connectivity index (χ1v) is 4.89. The Morgan fingerprint density at radius 2 is 1.71 bits per heavy atom. The molecule has 17 heavy (non-hydrogen) atoms. The van der Waals surface area contributed by atoms with E-state index in [2.05, 4.69) is 25.9 Å². The van der Waals surface area contributed by atoms with Crippen molar-refractivity contribution in [3.8, 4) is 0 Å². The lowest BCUT2D eigenvalue weighted by Crippen LogP contribution is -2.26. The number of aliphatic imine (C=N–C) groups is 2. The molecular weight excluding hydrogens is 303 g/mol. The number of hydrogen-bond acceptors (Lipinski definition) is 1. The van der Waals surface area contributed by atoms with Crippen molar-refractivity contribution in [1.82, 2.24) is 0 Å². The molecular formula is C8H7BrF3N5. The van der Waals surface area contributed by atoms with E-state index in [4.69, 9.17) is 17.2 Å². The third-order valence-corrected chi connectivity index (χ3v) is 2.16. The number of nitrogens with two attached hydrogens (primary N) is 3. The van der Waals surface area contributed by atoms with Crippen molar-refractivity contribution in [1.29, 1.82) is 0 Å². The summed E-state index contributed by atoms with van der Waals surface area (Å²) >= 11 is 2.81. The minimum absolute atomic E-state index is 0.123. The molecule has 0 saturated heterocycles. The zero-order chi connectivity index (χ0) is 13.2. The van der Waals surface area contributed by atoms with Gasteiger partial charge < -0.3 is 17.2 Å². The van der Waals surface area contributed by atoms with Gasteiger partial charge in [-0.25, -0.2) is 18.2 Å². The van der Waals surface area contributed by atoms with E-state index < -0.39 is 35.1 Å². The standard InChI is InChI=1S/C8H7BrF3N5/c9-2-1-3(10)4(11)5(12)6(2)16-8(15)17-7(13)14/h1H,(H6,13,14,15,16,17). The van der Waals surface area contributed by atoms with Crippen LogP contribution < -0.4 is 17.2 Å². The second-order valence-corrected chi connectivity index (χ2v) is 3.68. The highest BCUT2D eigenvalue weighted by molar-refractivity contribution is 9.10. The van der Waals surface area contributed by atoms with Crippen LogP contribution in [0, 0.1) is 17.5 Å². The van der Waals surface area contributed by atoms with Gasteiger partial charge in [-0.2, -0.15) is 4.99 Å². The van der Waals surface area contributed by atoms with Gasteiger partial charge in [-0.3, -0.25) is 0 Å². The molecule has 9 heteroatoms. The maximum Gasteiger partial charge on any atom is 0.223 e. The van der Waals surface area contributed by atoms with Crippen molar-refractivity contribution in [3.63, 3.8) is 0 Å². The largest absolute Gasteiger partial charge is 0.370 e. The minimum Gasteiger partial charge on any atom is -0.370 e. The van der Waals surface area contributed by atoms with E-state index >= 15 is 0 Å². The van der Waals surface area contributed by atoms with E-state index in [1.807, 2.05) is 0 Å². The average molecular weight is 310 g/mol. The Labute approximate surface area is 102 Å². The van der Waals surface area contributed by atoms with Crippen LogP contribution in [0.1, 0.15) is 0 Å². The van der Waals surface area contributed by atoms with Gasteiger partial charge in [0.1, 0.15) is 5.69 Å². The van der Waals surface area contributed by atoms with Crippen LogP contribution in [0.3, 0.4) is 0 Å². The first-order chi connectivity index (χ1) is 7.82. The van der Waals surface area contributed by atoms with Crippen molar-refractivity contribution >= 4 is 33.5 Å². The number of nitrogens with zero attached hydrogens (tertiary/aromatic N) is 2. The summed E-state index contributed by atoms with van der Waals surface area (Å²) in [5.41, 5.74) is 14.7. The summed E-state index contributed by atoms with van der Waals surface area (Å²) in [7, 11) is 0. The highest BCUT2D eigenvalue weighted by Gasteiger charge is 2.17. The monoisotopic (exact) mass is 309 g/mol. The van der Waals surface area contributed by atoms with Crippen LogP contribution in [0.2, 0.25) is 0 Å². The summed E-state index contributed by atoms with van der Waals surface area (Å²) in [6.45, 7) is 0. The van der Waals surface area contributed by atoms with Gasteiger partial charge in [0.05, 0.1) is 0 Å². The first-order valence-electron chi connectivity index (χ1n) is 4.09. The lowest BCUT2D eigenvalue weighted by molar-refractivity contribution is 0.447. The van der Waals surface area contributed by atoms with Gasteiger partial charge in [-0.05, 0) is 22.0 Å². The molecule has 1 rings (SSSR count). The zero-order valence-corrected chi connectivity index (χ0v) is 9.80. The summed E-state index contributed by atoms with van der Waals surface area (Å²) in [5.74, 6) is -5.40. The number of halogens is 4. The Hall–Kier alpha value is -1.77. The van der Waals surface area contributed by atoms with Gasteiger partial charge in [-0.15, -0.1) is 0 Å². The van der Waals surface area contributed by atoms with Gasteiger partial charge in [0, 0.05) is 4.47 Å². The Bertz CT molecular complexity index is 510. The fourth-order valence-corrected chi connectivity index (χ4v) is 1.39. The van der Waals surface area contributed by atoms with Crippen LogP contribution in [0.4, 0.5) is 18.9 Å². The Balaban J connectivity index is 3.34. The molecule has 0 atom stereocenters. The van der Waals surface area contributed by atoms with Crippen molar-refractivity contribution < 1.29 is 13.2 Å².